The minimum absolute atomic E-state index is 0.145. The Hall–Kier alpha value is -1.93. The van der Waals surface area contributed by atoms with Gasteiger partial charge in [-0.15, -0.1) is 10.2 Å². The number of aromatic nitrogens is 3. The van der Waals surface area contributed by atoms with E-state index in [9.17, 15) is 4.79 Å². The largest absolute Gasteiger partial charge is 0.484 e. The van der Waals surface area contributed by atoms with Crippen LogP contribution in [0.2, 0.25) is 15.1 Å². The first-order chi connectivity index (χ1) is 14.0. The van der Waals surface area contributed by atoms with Gasteiger partial charge < -0.3 is 14.6 Å². The van der Waals surface area contributed by atoms with Crippen LogP contribution in [0, 0.1) is 0 Å². The third-order valence-electron chi connectivity index (χ3n) is 3.86. The number of hydrogen-bond donors (Lipinski definition) is 1. The van der Waals surface area contributed by atoms with E-state index >= 15 is 0 Å². The van der Waals surface area contributed by atoms with Gasteiger partial charge in [-0.05, 0) is 31.2 Å². The second kappa shape index (κ2) is 10.2. The smallest absolute Gasteiger partial charge is 0.234 e. The van der Waals surface area contributed by atoms with Crippen LogP contribution in [-0.4, -0.2) is 26.4 Å². The van der Waals surface area contributed by atoms with Gasteiger partial charge in [0, 0.05) is 6.54 Å². The van der Waals surface area contributed by atoms with Crippen LogP contribution < -0.4 is 10.1 Å². The normalized spacial score (nSPS) is 10.8. The number of amides is 1. The van der Waals surface area contributed by atoms with Crippen LogP contribution >= 0.6 is 46.6 Å². The van der Waals surface area contributed by atoms with Gasteiger partial charge in [-0.25, -0.2) is 0 Å². The summed E-state index contributed by atoms with van der Waals surface area (Å²) >= 11 is 19.4. The van der Waals surface area contributed by atoms with E-state index in [1.807, 2.05) is 23.6 Å². The zero-order chi connectivity index (χ0) is 20.8. The Morgan fingerprint density at radius 2 is 1.86 bits per heavy atom. The molecule has 6 nitrogen and oxygen atoms in total. The number of para-hydroxylation sites is 1. The van der Waals surface area contributed by atoms with Crippen molar-refractivity contribution in [1.82, 2.24) is 14.8 Å². The summed E-state index contributed by atoms with van der Waals surface area (Å²) in [5, 5.41) is 12.9. The Labute approximate surface area is 187 Å². The van der Waals surface area contributed by atoms with E-state index < -0.39 is 0 Å². The number of benzene rings is 2. The molecule has 3 rings (SSSR count). The Balaban J connectivity index is 1.60. The van der Waals surface area contributed by atoms with Gasteiger partial charge >= 0.3 is 0 Å². The number of rotatable bonds is 8. The minimum atomic E-state index is -0.223. The lowest BCUT2D eigenvalue weighted by molar-refractivity contribution is -0.113. The zero-order valence-electron chi connectivity index (χ0n) is 15.4. The summed E-state index contributed by atoms with van der Waals surface area (Å²) in [6.07, 6.45) is 0. The van der Waals surface area contributed by atoms with E-state index in [1.165, 1.54) is 11.8 Å². The molecule has 0 saturated carbocycles. The van der Waals surface area contributed by atoms with Crippen molar-refractivity contribution in [2.75, 3.05) is 11.1 Å². The van der Waals surface area contributed by atoms with Crippen LogP contribution in [0.1, 0.15) is 12.7 Å². The highest BCUT2D eigenvalue weighted by molar-refractivity contribution is 7.99. The van der Waals surface area contributed by atoms with Gasteiger partial charge in [-0.1, -0.05) is 64.8 Å². The second-order valence-corrected chi connectivity index (χ2v) is 7.94. The highest BCUT2D eigenvalue weighted by atomic mass is 35.5. The number of anilines is 1. The average molecular weight is 472 g/mol. The van der Waals surface area contributed by atoms with Gasteiger partial charge in [0.15, 0.2) is 11.0 Å². The lowest BCUT2D eigenvalue weighted by Gasteiger charge is -2.10. The monoisotopic (exact) mass is 470 g/mol. The van der Waals surface area contributed by atoms with Crippen molar-refractivity contribution in [2.45, 2.75) is 25.2 Å². The molecule has 0 bridgehead atoms. The molecule has 0 aliphatic carbocycles. The first kappa shape index (κ1) is 21.8. The van der Waals surface area contributed by atoms with Crippen LogP contribution in [0.25, 0.3) is 0 Å². The highest BCUT2D eigenvalue weighted by Gasteiger charge is 2.15. The maximum atomic E-state index is 12.3. The molecule has 1 aromatic heterocycles. The number of nitrogens with zero attached hydrogens (tertiary/aromatic N) is 3. The molecule has 29 heavy (non-hydrogen) atoms. The van der Waals surface area contributed by atoms with Crippen LogP contribution in [0.5, 0.6) is 5.75 Å². The molecule has 0 aliphatic rings. The van der Waals surface area contributed by atoms with Crippen LogP contribution in [-0.2, 0) is 17.9 Å². The molecule has 0 atom stereocenters. The zero-order valence-corrected chi connectivity index (χ0v) is 18.4. The molecule has 1 N–H and O–H groups in total. The van der Waals surface area contributed by atoms with Gasteiger partial charge in [-0.2, -0.15) is 0 Å². The molecule has 0 spiro atoms. The van der Waals surface area contributed by atoms with E-state index in [-0.39, 0.29) is 18.3 Å². The molecule has 1 heterocycles. The van der Waals surface area contributed by atoms with Crippen molar-refractivity contribution < 1.29 is 9.53 Å². The number of halogens is 3. The standard InChI is InChI=1S/C19H17Cl3N4O2S/c1-2-26-16(10-28-15-9-4-3-6-12(15)20)24-25-19(26)29-11-17(27)23-14-8-5-7-13(21)18(14)22/h3-9H,2,10-11H2,1H3,(H,23,27). The summed E-state index contributed by atoms with van der Waals surface area (Å²) in [5.74, 6) is 1.14. The van der Waals surface area contributed by atoms with E-state index in [0.717, 1.165) is 0 Å². The SMILES string of the molecule is CCn1c(COc2ccccc2Cl)nnc1SCC(=O)Nc1cccc(Cl)c1Cl. The van der Waals surface area contributed by atoms with E-state index in [0.29, 0.717) is 44.0 Å². The fraction of sp³-hybridized carbons (Fsp3) is 0.211. The Morgan fingerprint density at radius 3 is 2.62 bits per heavy atom. The minimum Gasteiger partial charge on any atom is -0.484 e. The third kappa shape index (κ3) is 5.57. The number of carbonyl (C=O) groups excluding carboxylic acids is 1. The van der Waals surface area contributed by atoms with Crippen molar-refractivity contribution in [1.29, 1.82) is 0 Å². The number of carbonyl (C=O) groups is 1. The maximum absolute atomic E-state index is 12.3. The maximum Gasteiger partial charge on any atom is 0.234 e. The fourth-order valence-corrected chi connectivity index (χ4v) is 3.83. The molecule has 10 heteroatoms. The summed E-state index contributed by atoms with van der Waals surface area (Å²) in [5.41, 5.74) is 0.468. The molecule has 152 valence electrons. The first-order valence-electron chi connectivity index (χ1n) is 8.65. The van der Waals surface area contributed by atoms with Crippen molar-refractivity contribution >= 4 is 58.2 Å². The van der Waals surface area contributed by atoms with Gasteiger partial charge in [0.2, 0.25) is 5.91 Å². The number of thioether (sulfide) groups is 1. The second-order valence-electron chi connectivity index (χ2n) is 5.80. The Kier molecular flexibility index (Phi) is 7.66. The molecule has 3 aromatic rings. The van der Waals surface area contributed by atoms with E-state index in [4.69, 9.17) is 39.5 Å². The molecule has 1 amide bonds. The van der Waals surface area contributed by atoms with Crippen molar-refractivity contribution in [2.24, 2.45) is 0 Å². The molecule has 0 unspecified atom stereocenters. The van der Waals surface area contributed by atoms with Crippen molar-refractivity contribution in [3.05, 3.63) is 63.4 Å². The van der Waals surface area contributed by atoms with Crippen LogP contribution in [0.3, 0.4) is 0 Å². The summed E-state index contributed by atoms with van der Waals surface area (Å²) in [6, 6.07) is 12.3. The van der Waals surface area contributed by atoms with Crippen molar-refractivity contribution in [3.63, 3.8) is 0 Å². The van der Waals surface area contributed by atoms with E-state index in [2.05, 4.69) is 15.5 Å². The Morgan fingerprint density at radius 1 is 1.10 bits per heavy atom. The summed E-state index contributed by atoms with van der Waals surface area (Å²) in [7, 11) is 0. The van der Waals surface area contributed by atoms with Crippen molar-refractivity contribution in [3.8, 4) is 5.75 Å². The molecular weight excluding hydrogens is 455 g/mol. The lowest BCUT2D eigenvalue weighted by atomic mass is 10.3. The molecule has 2 aromatic carbocycles. The van der Waals surface area contributed by atoms with Gasteiger partial charge in [0.05, 0.1) is 26.5 Å². The van der Waals surface area contributed by atoms with Gasteiger partial charge in [-0.3, -0.25) is 4.79 Å². The predicted octanol–water partition coefficient (Wildman–Crippen LogP) is 5.57. The summed E-state index contributed by atoms with van der Waals surface area (Å²) in [4.78, 5) is 12.3. The molecular formula is C19H17Cl3N4O2S. The topological polar surface area (TPSA) is 69.0 Å². The molecule has 0 fully saturated rings. The highest BCUT2D eigenvalue weighted by Crippen LogP contribution is 2.30. The molecule has 0 saturated heterocycles. The Bertz CT molecular complexity index is 1010. The number of hydrogen-bond acceptors (Lipinski definition) is 5. The van der Waals surface area contributed by atoms with Crippen LogP contribution in [0.15, 0.2) is 47.6 Å². The molecule has 0 radical (unpaired) electrons. The average Bonchev–Trinajstić information content (AvgIpc) is 3.11. The van der Waals surface area contributed by atoms with Gasteiger partial charge in [0.25, 0.3) is 0 Å². The lowest BCUT2D eigenvalue weighted by Crippen LogP contribution is -2.15. The van der Waals surface area contributed by atoms with Gasteiger partial charge in [0.1, 0.15) is 12.4 Å². The fourth-order valence-electron chi connectivity index (χ4n) is 2.47. The number of ether oxygens (including phenoxy) is 1. The summed E-state index contributed by atoms with van der Waals surface area (Å²) < 4.78 is 7.63. The molecule has 0 aliphatic heterocycles. The third-order valence-corrected chi connectivity index (χ3v) is 5.96. The van der Waals surface area contributed by atoms with Crippen LogP contribution in [0.4, 0.5) is 5.69 Å². The predicted molar refractivity (Wildman–Crippen MR) is 117 cm³/mol. The number of nitrogens with one attached hydrogen (secondary N) is 1. The quantitative estimate of drug-likeness (QED) is 0.435. The van der Waals surface area contributed by atoms with E-state index in [1.54, 1.807) is 30.3 Å². The summed E-state index contributed by atoms with van der Waals surface area (Å²) in [6.45, 7) is 2.83. The first-order valence-corrected chi connectivity index (χ1v) is 10.8.